The van der Waals surface area contributed by atoms with Crippen LogP contribution in [0.4, 0.5) is 0 Å². The monoisotopic (exact) mass is 242 g/mol. The lowest BCUT2D eigenvalue weighted by molar-refractivity contribution is 0.0856. The van der Waals surface area contributed by atoms with E-state index in [1.165, 1.54) is 38.8 Å². The zero-order chi connectivity index (χ0) is 12.9. The van der Waals surface area contributed by atoms with Crippen molar-refractivity contribution in [2.24, 2.45) is 11.1 Å². The van der Waals surface area contributed by atoms with Crippen LogP contribution in [0.15, 0.2) is 0 Å². The molecule has 0 aromatic rings. The molecule has 0 aromatic heterocycles. The molecule has 0 aliphatic carbocycles. The van der Waals surface area contributed by atoms with Gasteiger partial charge >= 0.3 is 0 Å². The Labute approximate surface area is 106 Å². The molecule has 0 spiro atoms. The first-order valence-electron chi connectivity index (χ1n) is 7.09. The van der Waals surface area contributed by atoms with E-state index >= 15 is 0 Å². The first kappa shape index (κ1) is 14.9. The molecule has 0 bridgehead atoms. The van der Waals surface area contributed by atoms with Gasteiger partial charge in [-0.2, -0.15) is 0 Å². The fourth-order valence-corrected chi connectivity index (χ4v) is 2.70. The molecule has 1 unspecified atom stereocenters. The molecule has 17 heavy (non-hydrogen) atoms. The lowest BCUT2D eigenvalue weighted by Gasteiger charge is -2.41. The van der Waals surface area contributed by atoms with Crippen LogP contribution in [0.2, 0.25) is 0 Å². The lowest BCUT2D eigenvalue weighted by Crippen LogP contribution is -2.46. The van der Waals surface area contributed by atoms with Gasteiger partial charge in [0.25, 0.3) is 0 Å². The number of likely N-dealkylation sites (tertiary alicyclic amines) is 1. The van der Waals surface area contributed by atoms with Crippen molar-refractivity contribution in [3.05, 3.63) is 0 Å². The Kier molecular flexibility index (Phi) is 5.42. The SMILES string of the molecule is CCC1(CC)CCN(CCC(C)(N)CO)CC1. The number of aliphatic hydroxyl groups excluding tert-OH is 1. The molecule has 1 fully saturated rings. The van der Waals surface area contributed by atoms with Crippen molar-refractivity contribution in [3.8, 4) is 0 Å². The molecule has 102 valence electrons. The summed E-state index contributed by atoms with van der Waals surface area (Å²) < 4.78 is 0. The molecule has 3 nitrogen and oxygen atoms in total. The molecule has 1 saturated heterocycles. The highest BCUT2D eigenvalue weighted by Gasteiger charge is 2.31. The standard InChI is InChI=1S/C14H30N2O/c1-4-14(5-2)7-10-16(11-8-14)9-6-13(3,15)12-17/h17H,4-12,15H2,1-3H3. The Morgan fingerprint density at radius 3 is 2.18 bits per heavy atom. The Bertz CT molecular complexity index is 214. The molecule has 0 amide bonds. The van der Waals surface area contributed by atoms with Crippen LogP contribution < -0.4 is 5.73 Å². The summed E-state index contributed by atoms with van der Waals surface area (Å²) in [5, 5.41) is 9.14. The molecule has 3 N–H and O–H groups in total. The van der Waals surface area contributed by atoms with Gasteiger partial charge in [-0.3, -0.25) is 0 Å². The Balaban J connectivity index is 2.33. The maximum absolute atomic E-state index is 9.14. The van der Waals surface area contributed by atoms with E-state index in [9.17, 15) is 0 Å². The zero-order valence-electron chi connectivity index (χ0n) is 11.8. The molecule has 0 aromatic carbocycles. The van der Waals surface area contributed by atoms with E-state index in [1.807, 2.05) is 6.92 Å². The smallest absolute Gasteiger partial charge is 0.0608 e. The molecule has 0 radical (unpaired) electrons. The second kappa shape index (κ2) is 6.17. The third-order valence-corrected chi connectivity index (χ3v) is 4.78. The number of piperidine rings is 1. The van der Waals surface area contributed by atoms with Crippen LogP contribution in [0.25, 0.3) is 0 Å². The molecule has 1 atom stereocenters. The Morgan fingerprint density at radius 2 is 1.76 bits per heavy atom. The summed E-state index contributed by atoms with van der Waals surface area (Å²) in [6.45, 7) is 10.1. The second-order valence-corrected chi connectivity index (χ2v) is 6.11. The van der Waals surface area contributed by atoms with Crippen molar-refractivity contribution in [2.45, 2.75) is 58.4 Å². The van der Waals surface area contributed by atoms with E-state index in [0.29, 0.717) is 5.41 Å². The predicted octanol–water partition coefficient (Wildman–Crippen LogP) is 1.99. The maximum atomic E-state index is 9.14. The third kappa shape index (κ3) is 4.23. The van der Waals surface area contributed by atoms with E-state index in [0.717, 1.165) is 13.0 Å². The maximum Gasteiger partial charge on any atom is 0.0608 e. The van der Waals surface area contributed by atoms with Crippen LogP contribution in [0.3, 0.4) is 0 Å². The van der Waals surface area contributed by atoms with Crippen LogP contribution in [0.1, 0.15) is 52.9 Å². The zero-order valence-corrected chi connectivity index (χ0v) is 11.8. The number of aliphatic hydroxyl groups is 1. The predicted molar refractivity (Wildman–Crippen MR) is 73.0 cm³/mol. The van der Waals surface area contributed by atoms with Gasteiger partial charge in [-0.05, 0) is 51.2 Å². The Morgan fingerprint density at radius 1 is 1.24 bits per heavy atom. The first-order chi connectivity index (χ1) is 7.97. The van der Waals surface area contributed by atoms with Crippen molar-refractivity contribution >= 4 is 0 Å². The third-order valence-electron chi connectivity index (χ3n) is 4.78. The minimum atomic E-state index is -0.413. The van der Waals surface area contributed by atoms with E-state index in [1.54, 1.807) is 0 Å². The van der Waals surface area contributed by atoms with Gasteiger partial charge in [0.2, 0.25) is 0 Å². The van der Waals surface area contributed by atoms with Crippen molar-refractivity contribution in [2.75, 3.05) is 26.2 Å². The Hall–Kier alpha value is -0.120. The molecule has 0 saturated carbocycles. The quantitative estimate of drug-likeness (QED) is 0.749. The van der Waals surface area contributed by atoms with E-state index in [2.05, 4.69) is 18.7 Å². The normalized spacial score (nSPS) is 24.5. The summed E-state index contributed by atoms with van der Waals surface area (Å²) in [6, 6.07) is 0. The highest BCUT2D eigenvalue weighted by Crippen LogP contribution is 2.37. The molecular formula is C14H30N2O. The summed E-state index contributed by atoms with van der Waals surface area (Å²) in [5.74, 6) is 0. The van der Waals surface area contributed by atoms with E-state index in [-0.39, 0.29) is 6.61 Å². The minimum absolute atomic E-state index is 0.0781. The molecule has 1 aliphatic heterocycles. The van der Waals surface area contributed by atoms with Gasteiger partial charge in [-0.1, -0.05) is 26.7 Å². The summed E-state index contributed by atoms with van der Waals surface area (Å²) >= 11 is 0. The average Bonchev–Trinajstić information content (AvgIpc) is 2.37. The number of rotatable bonds is 6. The summed E-state index contributed by atoms with van der Waals surface area (Å²) in [7, 11) is 0. The largest absolute Gasteiger partial charge is 0.394 e. The van der Waals surface area contributed by atoms with Gasteiger partial charge in [0.1, 0.15) is 0 Å². The van der Waals surface area contributed by atoms with Crippen LogP contribution in [0, 0.1) is 5.41 Å². The number of hydrogen-bond acceptors (Lipinski definition) is 3. The fraction of sp³-hybridized carbons (Fsp3) is 1.00. The average molecular weight is 242 g/mol. The summed E-state index contributed by atoms with van der Waals surface area (Å²) in [5.41, 5.74) is 6.15. The van der Waals surface area contributed by atoms with Crippen LogP contribution in [-0.2, 0) is 0 Å². The number of hydrogen-bond donors (Lipinski definition) is 2. The van der Waals surface area contributed by atoms with Gasteiger partial charge in [0.05, 0.1) is 6.61 Å². The van der Waals surface area contributed by atoms with E-state index < -0.39 is 5.54 Å². The summed E-state index contributed by atoms with van der Waals surface area (Å²) in [4.78, 5) is 2.50. The topological polar surface area (TPSA) is 49.5 Å². The lowest BCUT2D eigenvalue weighted by atomic mass is 9.74. The highest BCUT2D eigenvalue weighted by molar-refractivity contribution is 4.85. The van der Waals surface area contributed by atoms with Gasteiger partial charge in [-0.15, -0.1) is 0 Å². The van der Waals surface area contributed by atoms with Crippen LogP contribution in [0.5, 0.6) is 0 Å². The summed E-state index contributed by atoms with van der Waals surface area (Å²) in [6.07, 6.45) is 6.14. The first-order valence-corrected chi connectivity index (χ1v) is 7.09. The number of nitrogens with zero attached hydrogens (tertiary/aromatic N) is 1. The second-order valence-electron chi connectivity index (χ2n) is 6.11. The molecule has 1 aliphatic rings. The van der Waals surface area contributed by atoms with Crippen molar-refractivity contribution in [3.63, 3.8) is 0 Å². The molecule has 1 heterocycles. The van der Waals surface area contributed by atoms with Crippen LogP contribution >= 0.6 is 0 Å². The fourth-order valence-electron chi connectivity index (χ4n) is 2.70. The van der Waals surface area contributed by atoms with Crippen LogP contribution in [-0.4, -0.2) is 41.8 Å². The van der Waals surface area contributed by atoms with Crippen molar-refractivity contribution < 1.29 is 5.11 Å². The number of nitrogens with two attached hydrogens (primary N) is 1. The van der Waals surface area contributed by atoms with Crippen molar-refractivity contribution in [1.29, 1.82) is 0 Å². The molecular weight excluding hydrogens is 212 g/mol. The minimum Gasteiger partial charge on any atom is -0.394 e. The highest BCUT2D eigenvalue weighted by atomic mass is 16.3. The van der Waals surface area contributed by atoms with E-state index in [4.69, 9.17) is 10.8 Å². The van der Waals surface area contributed by atoms with Gasteiger partial charge in [0, 0.05) is 5.54 Å². The molecule has 3 heteroatoms. The molecule has 1 rings (SSSR count). The van der Waals surface area contributed by atoms with Crippen molar-refractivity contribution in [1.82, 2.24) is 4.90 Å². The van der Waals surface area contributed by atoms with Gasteiger partial charge < -0.3 is 15.7 Å². The van der Waals surface area contributed by atoms with Gasteiger partial charge in [0.15, 0.2) is 0 Å². The van der Waals surface area contributed by atoms with Gasteiger partial charge in [-0.25, -0.2) is 0 Å².